The zero-order chi connectivity index (χ0) is 20.4. The lowest BCUT2D eigenvalue weighted by Gasteiger charge is -2.30. The molecule has 0 aromatic heterocycles. The van der Waals surface area contributed by atoms with Crippen molar-refractivity contribution >= 4 is 11.8 Å². The van der Waals surface area contributed by atoms with Gasteiger partial charge in [-0.05, 0) is 26.7 Å². The zero-order valence-electron chi connectivity index (χ0n) is 15.9. The largest absolute Gasteiger partial charge is 0.394 e. The molecule has 0 saturated heterocycles. The van der Waals surface area contributed by atoms with Crippen LogP contribution in [-0.2, 0) is 9.59 Å². The lowest BCUT2D eigenvalue weighted by atomic mass is 9.98. The second kappa shape index (κ2) is 11.2. The number of carbonyl (C=O) groups excluding carboxylic acids is 2. The van der Waals surface area contributed by atoms with Crippen LogP contribution < -0.4 is 10.6 Å². The fourth-order valence-corrected chi connectivity index (χ4v) is 1.92. The SMILES string of the molecule is CCC(CO)(CO)NC(=O)C(C)N=NC(C)C(=O)NC(CC)(CO)CO. The van der Waals surface area contributed by atoms with Crippen LogP contribution in [0.5, 0.6) is 0 Å². The van der Waals surface area contributed by atoms with Gasteiger partial charge in [0.05, 0.1) is 37.5 Å². The first kappa shape index (κ1) is 24.4. The molecule has 0 bridgehead atoms. The van der Waals surface area contributed by atoms with Crippen LogP contribution in [0.1, 0.15) is 40.5 Å². The Morgan fingerprint density at radius 1 is 0.769 bits per heavy atom. The Kier molecular flexibility index (Phi) is 10.5. The molecule has 2 amide bonds. The van der Waals surface area contributed by atoms with E-state index in [1.54, 1.807) is 13.8 Å². The van der Waals surface area contributed by atoms with E-state index in [4.69, 9.17) is 0 Å². The molecule has 10 heteroatoms. The van der Waals surface area contributed by atoms with Crippen molar-refractivity contribution in [2.24, 2.45) is 10.2 Å². The molecule has 152 valence electrons. The molecule has 0 saturated carbocycles. The van der Waals surface area contributed by atoms with Crippen molar-refractivity contribution in [3.8, 4) is 0 Å². The van der Waals surface area contributed by atoms with Gasteiger partial charge >= 0.3 is 0 Å². The number of aliphatic hydroxyl groups excluding tert-OH is 4. The maximum Gasteiger partial charge on any atom is 0.247 e. The van der Waals surface area contributed by atoms with Gasteiger partial charge in [0.2, 0.25) is 11.8 Å². The lowest BCUT2D eigenvalue weighted by Crippen LogP contribution is -2.56. The van der Waals surface area contributed by atoms with Crippen molar-refractivity contribution in [3.63, 3.8) is 0 Å². The van der Waals surface area contributed by atoms with Gasteiger partial charge < -0.3 is 31.1 Å². The van der Waals surface area contributed by atoms with Crippen LogP contribution in [0.4, 0.5) is 0 Å². The topological polar surface area (TPSA) is 164 Å². The van der Waals surface area contributed by atoms with E-state index in [1.807, 2.05) is 0 Å². The van der Waals surface area contributed by atoms with E-state index in [1.165, 1.54) is 13.8 Å². The highest BCUT2D eigenvalue weighted by Gasteiger charge is 2.32. The van der Waals surface area contributed by atoms with Crippen LogP contribution in [0.15, 0.2) is 10.2 Å². The molecule has 0 heterocycles. The Bertz CT molecular complexity index is 419. The zero-order valence-corrected chi connectivity index (χ0v) is 15.9. The molecule has 26 heavy (non-hydrogen) atoms. The Balaban J connectivity index is 4.87. The summed E-state index contributed by atoms with van der Waals surface area (Å²) >= 11 is 0. The van der Waals surface area contributed by atoms with Gasteiger partial charge in [-0.2, -0.15) is 10.2 Å². The van der Waals surface area contributed by atoms with E-state index < -0.39 is 61.4 Å². The Morgan fingerprint density at radius 2 is 1.04 bits per heavy atom. The van der Waals surface area contributed by atoms with Crippen LogP contribution in [-0.4, -0.2) is 81.8 Å². The van der Waals surface area contributed by atoms with Gasteiger partial charge in [0, 0.05) is 0 Å². The molecule has 0 radical (unpaired) electrons. The molecular formula is C16H32N4O6. The standard InChI is InChI=1S/C16H32N4O6/c1-5-15(7-21,8-22)17-13(25)11(3)19-20-12(4)14(26)18-16(6-2,9-23)10-24/h11-12,21-24H,5-10H2,1-4H3,(H,17,25)(H,18,26). The number of rotatable bonds is 12. The maximum atomic E-state index is 12.1. The molecule has 0 fully saturated rings. The molecule has 0 aromatic carbocycles. The molecule has 2 atom stereocenters. The van der Waals surface area contributed by atoms with E-state index in [-0.39, 0.29) is 0 Å². The minimum atomic E-state index is -1.13. The summed E-state index contributed by atoms with van der Waals surface area (Å²) < 4.78 is 0. The fraction of sp³-hybridized carbons (Fsp3) is 0.875. The predicted octanol–water partition coefficient (Wildman–Crippen LogP) is -1.29. The average Bonchev–Trinajstić information content (AvgIpc) is 2.67. The third kappa shape index (κ3) is 6.60. The molecule has 0 aliphatic heterocycles. The van der Waals surface area contributed by atoms with Crippen molar-refractivity contribution in [3.05, 3.63) is 0 Å². The maximum absolute atomic E-state index is 12.1. The number of hydrogen-bond acceptors (Lipinski definition) is 8. The van der Waals surface area contributed by atoms with Gasteiger partial charge in [-0.15, -0.1) is 0 Å². The van der Waals surface area contributed by atoms with Crippen LogP contribution in [0.25, 0.3) is 0 Å². The lowest BCUT2D eigenvalue weighted by molar-refractivity contribution is -0.127. The van der Waals surface area contributed by atoms with Crippen LogP contribution >= 0.6 is 0 Å². The predicted molar refractivity (Wildman–Crippen MR) is 94.5 cm³/mol. The van der Waals surface area contributed by atoms with E-state index in [0.717, 1.165) is 0 Å². The van der Waals surface area contributed by atoms with Crippen molar-refractivity contribution < 1.29 is 30.0 Å². The first-order chi connectivity index (χ1) is 12.2. The highest BCUT2D eigenvalue weighted by atomic mass is 16.3. The van der Waals surface area contributed by atoms with Crippen molar-refractivity contribution in [1.82, 2.24) is 10.6 Å². The monoisotopic (exact) mass is 376 g/mol. The first-order valence-electron chi connectivity index (χ1n) is 8.66. The summed E-state index contributed by atoms with van der Waals surface area (Å²) in [6.45, 7) is 4.69. The van der Waals surface area contributed by atoms with Crippen LogP contribution in [0.2, 0.25) is 0 Å². The van der Waals surface area contributed by atoms with Crippen molar-refractivity contribution in [1.29, 1.82) is 0 Å². The molecule has 0 aliphatic rings. The third-order valence-corrected chi connectivity index (χ3v) is 4.51. The smallest absolute Gasteiger partial charge is 0.247 e. The van der Waals surface area contributed by atoms with Crippen LogP contribution in [0.3, 0.4) is 0 Å². The molecule has 0 aliphatic carbocycles. The summed E-state index contributed by atoms with van der Waals surface area (Å²) in [4.78, 5) is 24.3. The van der Waals surface area contributed by atoms with E-state index >= 15 is 0 Å². The Morgan fingerprint density at radius 3 is 1.23 bits per heavy atom. The van der Waals surface area contributed by atoms with Crippen molar-refractivity contribution in [2.75, 3.05) is 26.4 Å². The number of nitrogens with one attached hydrogen (secondary N) is 2. The minimum absolute atomic E-state index is 0.329. The van der Waals surface area contributed by atoms with Gasteiger partial charge in [-0.25, -0.2) is 0 Å². The molecular weight excluding hydrogens is 344 g/mol. The highest BCUT2D eigenvalue weighted by molar-refractivity contribution is 5.83. The Labute approximate surface area is 153 Å². The summed E-state index contributed by atoms with van der Waals surface area (Å²) in [6.07, 6.45) is 0.658. The van der Waals surface area contributed by atoms with E-state index in [9.17, 15) is 30.0 Å². The second-order valence-corrected chi connectivity index (χ2v) is 6.46. The number of carbonyl (C=O) groups is 2. The summed E-state index contributed by atoms with van der Waals surface area (Å²) in [5, 5.41) is 50.1. The average molecular weight is 376 g/mol. The molecule has 6 N–H and O–H groups in total. The Hall–Kier alpha value is -1.62. The van der Waals surface area contributed by atoms with Gasteiger partial charge in [-0.3, -0.25) is 9.59 Å². The molecule has 2 unspecified atom stereocenters. The highest BCUT2D eigenvalue weighted by Crippen LogP contribution is 2.11. The minimum Gasteiger partial charge on any atom is -0.394 e. The number of azo groups is 1. The summed E-state index contributed by atoms with van der Waals surface area (Å²) in [5.74, 6) is -1.08. The molecule has 0 aromatic rings. The molecule has 0 rings (SSSR count). The normalized spacial score (nSPS) is 14.9. The van der Waals surface area contributed by atoms with Crippen molar-refractivity contribution in [2.45, 2.75) is 63.7 Å². The molecule has 10 nitrogen and oxygen atoms in total. The number of nitrogens with zero attached hydrogens (tertiary/aromatic N) is 2. The van der Waals surface area contributed by atoms with Crippen LogP contribution in [0, 0.1) is 0 Å². The number of aliphatic hydroxyl groups is 4. The van der Waals surface area contributed by atoms with E-state index in [0.29, 0.717) is 12.8 Å². The van der Waals surface area contributed by atoms with Gasteiger partial charge in [0.15, 0.2) is 0 Å². The summed E-state index contributed by atoms with van der Waals surface area (Å²) in [6, 6.07) is -1.86. The number of hydrogen-bond donors (Lipinski definition) is 6. The quantitative estimate of drug-likeness (QED) is 0.232. The van der Waals surface area contributed by atoms with Gasteiger partial charge in [0.25, 0.3) is 0 Å². The summed E-state index contributed by atoms with van der Waals surface area (Å²) in [7, 11) is 0. The second-order valence-electron chi connectivity index (χ2n) is 6.46. The third-order valence-electron chi connectivity index (χ3n) is 4.51. The van der Waals surface area contributed by atoms with E-state index in [2.05, 4.69) is 20.9 Å². The van der Waals surface area contributed by atoms with Gasteiger partial charge in [0.1, 0.15) is 12.1 Å². The number of amides is 2. The summed E-state index contributed by atoms with van der Waals surface area (Å²) in [5.41, 5.74) is -2.26. The van der Waals surface area contributed by atoms with Gasteiger partial charge in [-0.1, -0.05) is 13.8 Å². The fourth-order valence-electron chi connectivity index (χ4n) is 1.92. The first-order valence-corrected chi connectivity index (χ1v) is 8.66. The molecule has 0 spiro atoms.